The predicted molar refractivity (Wildman–Crippen MR) is 103 cm³/mol. The van der Waals surface area contributed by atoms with Crippen molar-refractivity contribution in [1.82, 2.24) is 0 Å². The summed E-state index contributed by atoms with van der Waals surface area (Å²) in [4.78, 5) is 37.4. The van der Waals surface area contributed by atoms with E-state index in [1.807, 2.05) is 13.8 Å². The molecule has 0 aromatic carbocycles. The lowest BCUT2D eigenvalue weighted by molar-refractivity contribution is -0.161. The molecule has 4 unspecified atom stereocenters. The van der Waals surface area contributed by atoms with Gasteiger partial charge in [0.05, 0.1) is 0 Å². The summed E-state index contributed by atoms with van der Waals surface area (Å²) in [5, 5.41) is 0. The summed E-state index contributed by atoms with van der Waals surface area (Å²) in [6, 6.07) is 0. The SMILES string of the molecule is CC.CC(=O)[C@H]1CCC2C3CCC4CC(=O)CC[C@]4(C)C3C(=O)C[C@@]21C. The summed E-state index contributed by atoms with van der Waals surface area (Å²) >= 11 is 0. The van der Waals surface area contributed by atoms with Gasteiger partial charge in [-0.15, -0.1) is 0 Å². The molecule has 4 saturated carbocycles. The summed E-state index contributed by atoms with van der Waals surface area (Å²) in [6.45, 7) is 10.2. The molecule has 146 valence electrons. The van der Waals surface area contributed by atoms with E-state index in [1.54, 1.807) is 6.92 Å². The average Bonchev–Trinajstić information content (AvgIpc) is 2.93. The molecule has 0 saturated heterocycles. The zero-order valence-electron chi connectivity index (χ0n) is 17.3. The van der Waals surface area contributed by atoms with E-state index in [1.165, 1.54) is 0 Å². The Hall–Kier alpha value is -0.990. The first kappa shape index (κ1) is 19.8. The molecule has 0 amide bonds. The Bertz CT molecular complexity index is 609. The van der Waals surface area contributed by atoms with E-state index >= 15 is 0 Å². The fourth-order valence-electron chi connectivity index (χ4n) is 7.53. The van der Waals surface area contributed by atoms with E-state index in [4.69, 9.17) is 0 Å². The number of hydrogen-bond donors (Lipinski definition) is 0. The van der Waals surface area contributed by atoms with E-state index in [-0.39, 0.29) is 28.4 Å². The summed E-state index contributed by atoms with van der Waals surface area (Å²) in [6.07, 6.45) is 7.05. The molecule has 0 aliphatic heterocycles. The number of carbonyl (C=O) groups is 3. The lowest BCUT2D eigenvalue weighted by atomic mass is 9.44. The van der Waals surface area contributed by atoms with Crippen molar-refractivity contribution < 1.29 is 14.4 Å². The molecule has 3 nitrogen and oxygen atoms in total. The van der Waals surface area contributed by atoms with Gasteiger partial charge in [-0.2, -0.15) is 0 Å². The molecule has 4 aliphatic rings. The molecule has 26 heavy (non-hydrogen) atoms. The van der Waals surface area contributed by atoms with Crippen LogP contribution >= 0.6 is 0 Å². The molecule has 0 aromatic rings. The van der Waals surface area contributed by atoms with Crippen LogP contribution in [-0.2, 0) is 14.4 Å². The standard InChI is InChI=1S/C21H30O3.C2H6/c1-12(22)16-6-7-17-15-5-4-13-10-14(23)8-9-20(13,2)19(15)18(24)11-21(16,17)3;1-2/h13,15-17,19H,4-11H2,1-3H3;1-2H3/t13?,15?,16-,17?,19?,20+,21-;/m1./s1. The van der Waals surface area contributed by atoms with Crippen LogP contribution in [0.2, 0.25) is 0 Å². The first-order valence-corrected chi connectivity index (χ1v) is 10.8. The predicted octanol–water partition coefficient (Wildman–Crippen LogP) is 5.01. The third kappa shape index (κ3) is 2.72. The molecule has 0 radical (unpaired) electrons. The van der Waals surface area contributed by atoms with Crippen LogP contribution in [0.4, 0.5) is 0 Å². The Kier molecular flexibility index (Phi) is 5.22. The van der Waals surface area contributed by atoms with Gasteiger partial charge in [0, 0.05) is 31.1 Å². The number of fused-ring (bicyclic) bond motifs is 5. The summed E-state index contributed by atoms with van der Waals surface area (Å²) in [5.41, 5.74) is -0.0959. The van der Waals surface area contributed by atoms with Gasteiger partial charge in [0.15, 0.2) is 0 Å². The number of rotatable bonds is 1. The minimum Gasteiger partial charge on any atom is -0.300 e. The van der Waals surface area contributed by atoms with Crippen molar-refractivity contribution in [2.45, 2.75) is 86.0 Å². The fourth-order valence-corrected chi connectivity index (χ4v) is 7.53. The van der Waals surface area contributed by atoms with Crippen LogP contribution in [0.3, 0.4) is 0 Å². The van der Waals surface area contributed by atoms with Crippen molar-refractivity contribution in [3.8, 4) is 0 Å². The third-order valence-corrected chi connectivity index (χ3v) is 8.66. The highest BCUT2D eigenvalue weighted by molar-refractivity contribution is 5.87. The molecule has 4 aliphatic carbocycles. The van der Waals surface area contributed by atoms with Crippen LogP contribution < -0.4 is 0 Å². The minimum absolute atomic E-state index is 0.0174. The molecule has 0 spiro atoms. The maximum Gasteiger partial charge on any atom is 0.137 e. The van der Waals surface area contributed by atoms with Gasteiger partial charge in [-0.1, -0.05) is 27.7 Å². The monoisotopic (exact) mass is 360 g/mol. The minimum atomic E-state index is -0.113. The van der Waals surface area contributed by atoms with Gasteiger partial charge in [0.1, 0.15) is 17.3 Å². The maximum atomic E-state index is 13.3. The van der Waals surface area contributed by atoms with Crippen molar-refractivity contribution in [2.24, 2.45) is 40.4 Å². The summed E-state index contributed by atoms with van der Waals surface area (Å²) < 4.78 is 0. The van der Waals surface area contributed by atoms with Crippen LogP contribution in [0.25, 0.3) is 0 Å². The van der Waals surface area contributed by atoms with E-state index in [9.17, 15) is 14.4 Å². The van der Waals surface area contributed by atoms with E-state index < -0.39 is 0 Å². The second-order valence-electron chi connectivity index (χ2n) is 9.66. The molecule has 0 heterocycles. The zero-order chi connectivity index (χ0) is 19.3. The molecule has 4 rings (SSSR count). The van der Waals surface area contributed by atoms with Gasteiger partial charge in [0.25, 0.3) is 0 Å². The van der Waals surface area contributed by atoms with Crippen molar-refractivity contribution in [1.29, 1.82) is 0 Å². The first-order valence-electron chi connectivity index (χ1n) is 10.8. The van der Waals surface area contributed by atoms with Gasteiger partial charge in [0.2, 0.25) is 0 Å². The Labute approximate surface area is 158 Å². The van der Waals surface area contributed by atoms with Gasteiger partial charge in [-0.25, -0.2) is 0 Å². The number of ketones is 3. The third-order valence-electron chi connectivity index (χ3n) is 8.66. The Morgan fingerprint density at radius 3 is 2.35 bits per heavy atom. The van der Waals surface area contributed by atoms with Crippen molar-refractivity contribution in [2.75, 3.05) is 0 Å². The molecule has 4 fully saturated rings. The molecule has 0 N–H and O–H groups in total. The average molecular weight is 361 g/mol. The lowest BCUT2D eigenvalue weighted by Crippen LogP contribution is -2.57. The topological polar surface area (TPSA) is 51.2 Å². The van der Waals surface area contributed by atoms with Crippen LogP contribution in [0, 0.1) is 40.4 Å². The molecule has 3 heteroatoms. The highest BCUT2D eigenvalue weighted by atomic mass is 16.1. The number of Topliss-reactive ketones (excluding diaryl/α,β-unsaturated/α-hetero) is 3. The van der Waals surface area contributed by atoms with Gasteiger partial charge < -0.3 is 0 Å². The highest BCUT2D eigenvalue weighted by Crippen LogP contribution is 2.66. The number of carbonyl (C=O) groups excluding carboxylic acids is 3. The van der Waals surface area contributed by atoms with E-state index in [0.29, 0.717) is 48.6 Å². The van der Waals surface area contributed by atoms with Gasteiger partial charge in [-0.05, 0) is 67.6 Å². The van der Waals surface area contributed by atoms with Crippen LogP contribution in [-0.4, -0.2) is 17.3 Å². The van der Waals surface area contributed by atoms with E-state index in [0.717, 1.165) is 32.1 Å². The Balaban J connectivity index is 0.000000948. The molecule has 0 bridgehead atoms. The van der Waals surface area contributed by atoms with E-state index in [2.05, 4.69) is 13.8 Å². The summed E-state index contributed by atoms with van der Waals surface area (Å²) in [7, 11) is 0. The van der Waals surface area contributed by atoms with Crippen molar-refractivity contribution in [3.05, 3.63) is 0 Å². The van der Waals surface area contributed by atoms with Crippen molar-refractivity contribution >= 4 is 17.3 Å². The second kappa shape index (κ2) is 6.87. The van der Waals surface area contributed by atoms with Crippen molar-refractivity contribution in [3.63, 3.8) is 0 Å². The maximum absolute atomic E-state index is 13.3. The smallest absolute Gasteiger partial charge is 0.137 e. The van der Waals surface area contributed by atoms with Gasteiger partial charge >= 0.3 is 0 Å². The molecular formula is C23H36O3. The number of hydrogen-bond acceptors (Lipinski definition) is 3. The lowest BCUT2D eigenvalue weighted by Gasteiger charge is -2.59. The first-order chi connectivity index (χ1) is 12.3. The van der Waals surface area contributed by atoms with Crippen LogP contribution in [0.1, 0.15) is 86.0 Å². The molecular weight excluding hydrogens is 324 g/mol. The normalized spacial score (nSPS) is 47.2. The Morgan fingerprint density at radius 1 is 1.00 bits per heavy atom. The largest absolute Gasteiger partial charge is 0.300 e. The van der Waals surface area contributed by atoms with Crippen LogP contribution in [0.5, 0.6) is 0 Å². The molecule has 7 atom stereocenters. The fraction of sp³-hybridized carbons (Fsp3) is 0.870. The Morgan fingerprint density at radius 2 is 1.69 bits per heavy atom. The van der Waals surface area contributed by atoms with Gasteiger partial charge in [-0.3, -0.25) is 14.4 Å². The van der Waals surface area contributed by atoms with Crippen LogP contribution in [0.15, 0.2) is 0 Å². The summed E-state index contributed by atoms with van der Waals surface area (Å²) in [5.74, 6) is 2.63. The second-order valence-corrected chi connectivity index (χ2v) is 9.66. The molecule has 0 aromatic heterocycles. The highest BCUT2D eigenvalue weighted by Gasteiger charge is 2.63. The zero-order valence-corrected chi connectivity index (χ0v) is 17.3. The quantitative estimate of drug-likeness (QED) is 0.660.